The summed E-state index contributed by atoms with van der Waals surface area (Å²) in [6, 6.07) is 3.27. The van der Waals surface area contributed by atoms with Crippen LogP contribution in [0.3, 0.4) is 0 Å². The van der Waals surface area contributed by atoms with Gasteiger partial charge in [-0.25, -0.2) is 4.79 Å². The SMILES string of the molecule is COc1cc(C)c(C(=O)OCCO)cc1OC. The Morgan fingerprint density at radius 1 is 1.24 bits per heavy atom. The van der Waals surface area contributed by atoms with Crippen molar-refractivity contribution in [1.29, 1.82) is 0 Å². The fourth-order valence-electron chi connectivity index (χ4n) is 1.42. The summed E-state index contributed by atoms with van der Waals surface area (Å²) in [5.74, 6) is 0.537. The lowest BCUT2D eigenvalue weighted by Gasteiger charge is -2.12. The lowest BCUT2D eigenvalue weighted by Crippen LogP contribution is -2.10. The molecule has 0 radical (unpaired) electrons. The van der Waals surface area contributed by atoms with E-state index >= 15 is 0 Å². The van der Waals surface area contributed by atoms with E-state index in [-0.39, 0.29) is 13.2 Å². The number of hydrogen-bond acceptors (Lipinski definition) is 5. The number of aliphatic hydroxyl groups excluding tert-OH is 1. The molecule has 0 fully saturated rings. The third-order valence-electron chi connectivity index (χ3n) is 2.27. The lowest BCUT2D eigenvalue weighted by atomic mass is 10.1. The standard InChI is InChI=1S/C12H16O5/c1-8-6-10(15-2)11(16-3)7-9(8)12(14)17-5-4-13/h6-7,13H,4-5H2,1-3H3. The highest BCUT2D eigenvalue weighted by atomic mass is 16.5. The van der Waals surface area contributed by atoms with Gasteiger partial charge in [-0.05, 0) is 24.6 Å². The number of aliphatic hydroxyl groups is 1. The number of esters is 1. The molecule has 0 aliphatic carbocycles. The maximum atomic E-state index is 11.7. The zero-order valence-corrected chi connectivity index (χ0v) is 10.1. The van der Waals surface area contributed by atoms with E-state index in [9.17, 15) is 4.79 Å². The third kappa shape index (κ3) is 3.10. The maximum absolute atomic E-state index is 11.7. The molecule has 0 aliphatic heterocycles. The van der Waals surface area contributed by atoms with Crippen LogP contribution in [0.5, 0.6) is 11.5 Å². The largest absolute Gasteiger partial charge is 0.493 e. The van der Waals surface area contributed by atoms with E-state index in [0.29, 0.717) is 17.1 Å². The quantitative estimate of drug-likeness (QED) is 0.782. The smallest absolute Gasteiger partial charge is 0.338 e. The fourth-order valence-corrected chi connectivity index (χ4v) is 1.42. The summed E-state index contributed by atoms with van der Waals surface area (Å²) < 4.78 is 15.1. The van der Waals surface area contributed by atoms with Crippen LogP contribution in [0.15, 0.2) is 12.1 Å². The van der Waals surface area contributed by atoms with Gasteiger partial charge < -0.3 is 19.3 Å². The summed E-state index contributed by atoms with van der Waals surface area (Å²) in [6.07, 6.45) is 0. The Kier molecular flexibility index (Phi) is 4.78. The van der Waals surface area contributed by atoms with Gasteiger partial charge in [0.05, 0.1) is 26.4 Å². The number of methoxy groups -OCH3 is 2. The number of carbonyl (C=O) groups excluding carboxylic acids is 1. The predicted molar refractivity (Wildman–Crippen MR) is 61.7 cm³/mol. The first kappa shape index (κ1) is 13.3. The molecule has 0 atom stereocenters. The Morgan fingerprint density at radius 2 is 1.82 bits per heavy atom. The average molecular weight is 240 g/mol. The van der Waals surface area contributed by atoms with Gasteiger partial charge in [-0.1, -0.05) is 0 Å². The van der Waals surface area contributed by atoms with Gasteiger partial charge in [-0.3, -0.25) is 0 Å². The highest BCUT2D eigenvalue weighted by Gasteiger charge is 2.15. The van der Waals surface area contributed by atoms with Crippen molar-refractivity contribution in [3.8, 4) is 11.5 Å². The van der Waals surface area contributed by atoms with Gasteiger partial charge in [0, 0.05) is 0 Å². The molecule has 5 nitrogen and oxygen atoms in total. The van der Waals surface area contributed by atoms with Crippen LogP contribution in [0.25, 0.3) is 0 Å². The molecular weight excluding hydrogens is 224 g/mol. The summed E-state index contributed by atoms with van der Waals surface area (Å²) >= 11 is 0. The predicted octanol–water partition coefficient (Wildman–Crippen LogP) is 1.16. The van der Waals surface area contributed by atoms with Gasteiger partial charge >= 0.3 is 5.97 Å². The zero-order chi connectivity index (χ0) is 12.8. The van der Waals surface area contributed by atoms with E-state index in [1.807, 2.05) is 0 Å². The Morgan fingerprint density at radius 3 is 2.35 bits per heavy atom. The summed E-state index contributed by atoms with van der Waals surface area (Å²) in [6.45, 7) is 1.56. The Bertz CT molecular complexity index is 400. The highest BCUT2D eigenvalue weighted by molar-refractivity contribution is 5.92. The van der Waals surface area contributed by atoms with Crippen LogP contribution in [0.4, 0.5) is 0 Å². The van der Waals surface area contributed by atoms with Crippen molar-refractivity contribution in [3.05, 3.63) is 23.3 Å². The number of ether oxygens (including phenoxy) is 3. The summed E-state index contributed by atoms with van der Waals surface area (Å²) in [5, 5.41) is 8.59. The van der Waals surface area contributed by atoms with Crippen molar-refractivity contribution in [2.24, 2.45) is 0 Å². The highest BCUT2D eigenvalue weighted by Crippen LogP contribution is 2.30. The minimum atomic E-state index is -0.488. The summed E-state index contributed by atoms with van der Waals surface area (Å²) in [7, 11) is 3.02. The van der Waals surface area contributed by atoms with Crippen molar-refractivity contribution < 1.29 is 24.1 Å². The number of benzene rings is 1. The number of carbonyl (C=O) groups is 1. The van der Waals surface area contributed by atoms with Crippen LogP contribution < -0.4 is 9.47 Å². The molecule has 1 aromatic rings. The van der Waals surface area contributed by atoms with E-state index in [1.54, 1.807) is 19.1 Å². The van der Waals surface area contributed by atoms with Crippen LogP contribution in [-0.2, 0) is 4.74 Å². The first-order chi connectivity index (χ1) is 8.13. The molecule has 5 heteroatoms. The van der Waals surface area contributed by atoms with Gasteiger partial charge in [0.2, 0.25) is 0 Å². The first-order valence-electron chi connectivity index (χ1n) is 5.14. The van der Waals surface area contributed by atoms with Crippen molar-refractivity contribution in [1.82, 2.24) is 0 Å². The van der Waals surface area contributed by atoms with Gasteiger partial charge in [-0.15, -0.1) is 0 Å². The molecule has 0 aliphatic rings. The van der Waals surface area contributed by atoms with Crippen LogP contribution >= 0.6 is 0 Å². The third-order valence-corrected chi connectivity index (χ3v) is 2.27. The van der Waals surface area contributed by atoms with Gasteiger partial charge in [0.1, 0.15) is 6.61 Å². The average Bonchev–Trinajstić information content (AvgIpc) is 2.35. The molecule has 0 unspecified atom stereocenters. The monoisotopic (exact) mass is 240 g/mol. The molecule has 1 rings (SSSR count). The molecule has 94 valence electrons. The van der Waals surface area contributed by atoms with Crippen LogP contribution in [0, 0.1) is 6.92 Å². The minimum absolute atomic E-state index is 0.0212. The molecule has 1 aromatic carbocycles. The molecule has 1 N–H and O–H groups in total. The van der Waals surface area contributed by atoms with Crippen LogP contribution in [0.2, 0.25) is 0 Å². The zero-order valence-electron chi connectivity index (χ0n) is 10.1. The molecule has 0 spiro atoms. The number of aryl methyl sites for hydroxylation is 1. The van der Waals surface area contributed by atoms with E-state index in [4.69, 9.17) is 19.3 Å². The Hall–Kier alpha value is -1.75. The Balaban J connectivity index is 3.03. The molecule has 0 bridgehead atoms. The van der Waals surface area contributed by atoms with E-state index < -0.39 is 5.97 Å². The van der Waals surface area contributed by atoms with Gasteiger partial charge in [-0.2, -0.15) is 0 Å². The molecule has 0 aromatic heterocycles. The second-order valence-electron chi connectivity index (χ2n) is 3.38. The lowest BCUT2D eigenvalue weighted by molar-refractivity contribution is 0.0432. The van der Waals surface area contributed by atoms with Crippen molar-refractivity contribution in [3.63, 3.8) is 0 Å². The van der Waals surface area contributed by atoms with Crippen molar-refractivity contribution in [2.75, 3.05) is 27.4 Å². The second kappa shape index (κ2) is 6.10. The molecule has 0 saturated carbocycles. The molecule has 17 heavy (non-hydrogen) atoms. The van der Waals surface area contributed by atoms with Crippen LogP contribution in [-0.4, -0.2) is 38.5 Å². The van der Waals surface area contributed by atoms with E-state index in [1.165, 1.54) is 14.2 Å². The first-order valence-corrected chi connectivity index (χ1v) is 5.14. The number of rotatable bonds is 5. The van der Waals surface area contributed by atoms with Crippen molar-refractivity contribution >= 4 is 5.97 Å². The summed E-state index contributed by atoms with van der Waals surface area (Å²) in [5.41, 5.74) is 1.13. The summed E-state index contributed by atoms with van der Waals surface area (Å²) in [4.78, 5) is 11.7. The molecule has 0 saturated heterocycles. The minimum Gasteiger partial charge on any atom is -0.493 e. The van der Waals surface area contributed by atoms with Gasteiger partial charge in [0.25, 0.3) is 0 Å². The second-order valence-corrected chi connectivity index (χ2v) is 3.38. The maximum Gasteiger partial charge on any atom is 0.338 e. The number of hydrogen-bond donors (Lipinski definition) is 1. The van der Waals surface area contributed by atoms with Crippen molar-refractivity contribution in [2.45, 2.75) is 6.92 Å². The normalized spacial score (nSPS) is 9.88. The fraction of sp³-hybridized carbons (Fsp3) is 0.417. The van der Waals surface area contributed by atoms with E-state index in [2.05, 4.69) is 0 Å². The Labute approximate surface area is 99.9 Å². The molecule has 0 heterocycles. The van der Waals surface area contributed by atoms with Gasteiger partial charge in [0.15, 0.2) is 11.5 Å². The van der Waals surface area contributed by atoms with Crippen LogP contribution in [0.1, 0.15) is 15.9 Å². The topological polar surface area (TPSA) is 65.0 Å². The van der Waals surface area contributed by atoms with E-state index in [0.717, 1.165) is 5.56 Å². The molecule has 0 amide bonds. The molecular formula is C12H16O5.